The lowest BCUT2D eigenvalue weighted by Gasteiger charge is -2.15. The van der Waals surface area contributed by atoms with Crippen LogP contribution in [0.3, 0.4) is 0 Å². The molecule has 4 rings (SSSR count). The Morgan fingerprint density at radius 2 is 2.06 bits per heavy atom. The first-order valence-corrected chi connectivity index (χ1v) is 11.7. The zero-order chi connectivity index (χ0) is 23.0. The molecule has 2 N–H and O–H groups in total. The van der Waals surface area contributed by atoms with Gasteiger partial charge in [-0.15, -0.1) is 10.2 Å². The third kappa shape index (κ3) is 6.23. The lowest BCUT2D eigenvalue weighted by atomic mass is 10.2. The van der Waals surface area contributed by atoms with E-state index < -0.39 is 0 Å². The summed E-state index contributed by atoms with van der Waals surface area (Å²) in [5, 5.41) is 15.4. The lowest BCUT2D eigenvalue weighted by Crippen LogP contribution is -2.20. The highest BCUT2D eigenvalue weighted by molar-refractivity contribution is 7.99. The van der Waals surface area contributed by atoms with Gasteiger partial charge in [0.25, 0.3) is 0 Å². The Hall–Kier alpha value is -3.11. The second-order valence-corrected chi connectivity index (χ2v) is 8.48. The molecule has 8 nitrogen and oxygen atoms in total. The molecular formula is C23H26FN5O3S. The minimum Gasteiger partial charge on any atom is -0.495 e. The van der Waals surface area contributed by atoms with E-state index in [0.717, 1.165) is 31.0 Å². The number of amides is 1. The van der Waals surface area contributed by atoms with Crippen molar-refractivity contribution in [2.24, 2.45) is 0 Å². The van der Waals surface area contributed by atoms with Gasteiger partial charge in [0.2, 0.25) is 5.91 Å². The van der Waals surface area contributed by atoms with Crippen LogP contribution in [0.5, 0.6) is 5.75 Å². The highest BCUT2D eigenvalue weighted by Gasteiger charge is 2.21. The highest BCUT2D eigenvalue weighted by Crippen LogP contribution is 2.25. The Morgan fingerprint density at radius 1 is 1.24 bits per heavy atom. The summed E-state index contributed by atoms with van der Waals surface area (Å²) in [6.45, 7) is 1.78. The molecule has 0 saturated carbocycles. The minimum atomic E-state index is -0.285. The maximum Gasteiger partial charge on any atom is 0.234 e. The Labute approximate surface area is 195 Å². The number of halogens is 1. The molecule has 1 aliphatic rings. The molecule has 0 radical (unpaired) electrons. The van der Waals surface area contributed by atoms with Gasteiger partial charge in [-0.1, -0.05) is 23.9 Å². The number of thioether (sulfide) groups is 1. The van der Waals surface area contributed by atoms with Gasteiger partial charge in [-0.3, -0.25) is 4.79 Å². The van der Waals surface area contributed by atoms with Gasteiger partial charge in [0, 0.05) is 12.3 Å². The van der Waals surface area contributed by atoms with Crippen LogP contribution in [0.4, 0.5) is 15.8 Å². The van der Waals surface area contributed by atoms with Crippen LogP contribution in [-0.4, -0.2) is 46.2 Å². The first kappa shape index (κ1) is 23.1. The van der Waals surface area contributed by atoms with E-state index in [9.17, 15) is 9.18 Å². The van der Waals surface area contributed by atoms with Gasteiger partial charge in [-0.2, -0.15) is 0 Å². The zero-order valence-corrected chi connectivity index (χ0v) is 19.1. The van der Waals surface area contributed by atoms with Gasteiger partial charge in [-0.25, -0.2) is 4.39 Å². The molecule has 1 aromatic heterocycles. The molecule has 1 aliphatic heterocycles. The van der Waals surface area contributed by atoms with Crippen LogP contribution in [0.2, 0.25) is 0 Å². The molecule has 3 aromatic rings. The van der Waals surface area contributed by atoms with Crippen LogP contribution >= 0.6 is 11.8 Å². The number of nitrogens with zero attached hydrogens (tertiary/aromatic N) is 3. The number of ether oxygens (including phenoxy) is 2. The van der Waals surface area contributed by atoms with E-state index in [1.165, 1.54) is 23.9 Å². The summed E-state index contributed by atoms with van der Waals surface area (Å²) in [6, 6.07) is 13.4. The van der Waals surface area contributed by atoms with Gasteiger partial charge >= 0.3 is 0 Å². The fraction of sp³-hybridized carbons (Fsp3) is 0.348. The van der Waals surface area contributed by atoms with Crippen LogP contribution in [0.15, 0.2) is 53.7 Å². The monoisotopic (exact) mass is 471 g/mol. The summed E-state index contributed by atoms with van der Waals surface area (Å²) in [6.07, 6.45) is 2.09. The summed E-state index contributed by atoms with van der Waals surface area (Å²) < 4.78 is 26.2. The topological polar surface area (TPSA) is 90.3 Å². The Balaban J connectivity index is 1.42. The lowest BCUT2D eigenvalue weighted by molar-refractivity contribution is -0.113. The van der Waals surface area contributed by atoms with E-state index in [-0.39, 0.29) is 23.6 Å². The molecule has 0 spiro atoms. The second-order valence-electron chi connectivity index (χ2n) is 7.54. The normalized spacial score (nSPS) is 15.4. The molecule has 1 saturated heterocycles. The number of methoxy groups -OCH3 is 1. The predicted molar refractivity (Wildman–Crippen MR) is 125 cm³/mol. The van der Waals surface area contributed by atoms with Crippen molar-refractivity contribution < 1.29 is 18.7 Å². The van der Waals surface area contributed by atoms with Crippen molar-refractivity contribution in [2.75, 3.05) is 30.1 Å². The van der Waals surface area contributed by atoms with Gasteiger partial charge < -0.3 is 24.7 Å². The molecular weight excluding hydrogens is 445 g/mol. The van der Waals surface area contributed by atoms with Gasteiger partial charge in [-0.05, 0) is 49.2 Å². The molecule has 10 heteroatoms. The highest BCUT2D eigenvalue weighted by atomic mass is 32.2. The number of carbonyl (C=O) groups is 1. The molecule has 0 bridgehead atoms. The molecule has 2 aromatic carbocycles. The van der Waals surface area contributed by atoms with E-state index in [1.54, 1.807) is 31.4 Å². The van der Waals surface area contributed by atoms with E-state index >= 15 is 0 Å². The van der Waals surface area contributed by atoms with Gasteiger partial charge in [0.05, 0.1) is 37.7 Å². The number of nitrogens with one attached hydrogen (secondary N) is 2. The molecule has 33 heavy (non-hydrogen) atoms. The second kappa shape index (κ2) is 11.2. The maximum absolute atomic E-state index is 13.2. The molecule has 0 unspecified atom stereocenters. The largest absolute Gasteiger partial charge is 0.495 e. The molecule has 174 valence electrons. The fourth-order valence-corrected chi connectivity index (χ4v) is 4.31. The third-order valence-electron chi connectivity index (χ3n) is 5.21. The molecule has 0 aliphatic carbocycles. The zero-order valence-electron chi connectivity index (χ0n) is 18.3. The summed E-state index contributed by atoms with van der Waals surface area (Å²) in [7, 11) is 1.56. The van der Waals surface area contributed by atoms with E-state index in [4.69, 9.17) is 9.47 Å². The molecule has 1 fully saturated rings. The third-order valence-corrected chi connectivity index (χ3v) is 6.18. The number of rotatable bonds is 10. The summed E-state index contributed by atoms with van der Waals surface area (Å²) in [5.74, 6) is 1.05. The number of para-hydroxylation sites is 2. The van der Waals surface area contributed by atoms with Crippen LogP contribution < -0.4 is 15.4 Å². The average molecular weight is 472 g/mol. The van der Waals surface area contributed by atoms with Crippen LogP contribution in [0.1, 0.15) is 18.7 Å². The number of carbonyl (C=O) groups excluding carboxylic acids is 1. The van der Waals surface area contributed by atoms with Crippen molar-refractivity contribution in [1.82, 2.24) is 14.8 Å². The molecule has 2 heterocycles. The van der Waals surface area contributed by atoms with E-state index in [0.29, 0.717) is 29.7 Å². The summed E-state index contributed by atoms with van der Waals surface area (Å²) >= 11 is 1.32. The van der Waals surface area contributed by atoms with Crippen molar-refractivity contribution in [3.05, 3.63) is 60.2 Å². The average Bonchev–Trinajstić information content (AvgIpc) is 3.48. The summed E-state index contributed by atoms with van der Waals surface area (Å²) in [4.78, 5) is 12.5. The van der Waals surface area contributed by atoms with Crippen molar-refractivity contribution in [3.63, 3.8) is 0 Å². The Morgan fingerprint density at radius 3 is 2.82 bits per heavy atom. The SMILES string of the molecule is COc1ccccc1NC(=O)CSc1nnc(CNc2ccc(F)cc2)n1C[C@H]1CCCO1. The first-order valence-electron chi connectivity index (χ1n) is 10.7. The molecule has 1 amide bonds. The standard InChI is InChI=1S/C23H26FN5O3S/c1-31-20-7-3-2-6-19(20)26-22(30)15-33-23-28-27-21(29(23)14-18-5-4-12-32-18)13-25-17-10-8-16(24)9-11-17/h2-3,6-11,18,25H,4-5,12-15H2,1H3,(H,26,30)/t18-/m1/s1. The Bertz CT molecular complexity index is 1070. The molecule has 1 atom stereocenters. The van der Waals surface area contributed by atoms with Crippen LogP contribution in [0.25, 0.3) is 0 Å². The number of hydrogen-bond donors (Lipinski definition) is 2. The number of benzene rings is 2. The van der Waals surface area contributed by atoms with Crippen molar-refractivity contribution >= 4 is 29.0 Å². The van der Waals surface area contributed by atoms with Crippen molar-refractivity contribution in [3.8, 4) is 5.75 Å². The first-order chi connectivity index (χ1) is 16.1. The number of anilines is 2. The van der Waals surface area contributed by atoms with Crippen LogP contribution in [-0.2, 0) is 22.6 Å². The van der Waals surface area contributed by atoms with E-state index in [2.05, 4.69) is 20.8 Å². The van der Waals surface area contributed by atoms with Crippen LogP contribution in [0, 0.1) is 5.82 Å². The summed E-state index contributed by atoms with van der Waals surface area (Å²) in [5.41, 5.74) is 1.41. The minimum absolute atomic E-state index is 0.0901. The maximum atomic E-state index is 13.2. The number of hydrogen-bond acceptors (Lipinski definition) is 7. The Kier molecular flexibility index (Phi) is 7.79. The fourth-order valence-electron chi connectivity index (χ4n) is 3.55. The van der Waals surface area contributed by atoms with Crippen molar-refractivity contribution in [1.29, 1.82) is 0 Å². The van der Waals surface area contributed by atoms with Crippen molar-refractivity contribution in [2.45, 2.75) is 37.2 Å². The quantitative estimate of drug-likeness (QED) is 0.433. The predicted octanol–water partition coefficient (Wildman–Crippen LogP) is 3.95. The van der Waals surface area contributed by atoms with E-state index in [1.807, 2.05) is 16.7 Å². The van der Waals surface area contributed by atoms with Gasteiger partial charge in [0.15, 0.2) is 11.0 Å². The van der Waals surface area contributed by atoms with Gasteiger partial charge in [0.1, 0.15) is 11.6 Å². The number of aromatic nitrogens is 3. The smallest absolute Gasteiger partial charge is 0.234 e.